The molecular formula is C26H51N2O+. The number of rotatable bonds is 16. The summed E-state index contributed by atoms with van der Waals surface area (Å²) in [6, 6.07) is 0. The van der Waals surface area contributed by atoms with Gasteiger partial charge >= 0.3 is 0 Å². The molecular weight excluding hydrogens is 356 g/mol. The van der Waals surface area contributed by atoms with Gasteiger partial charge in [0.25, 0.3) is 0 Å². The Balaban J connectivity index is 1.43. The molecule has 1 amide bonds. The van der Waals surface area contributed by atoms with Gasteiger partial charge in [0.05, 0.1) is 27.2 Å². The summed E-state index contributed by atoms with van der Waals surface area (Å²) in [6.07, 6.45) is 21.7. The molecule has 0 aliphatic heterocycles. The highest BCUT2D eigenvalue weighted by molar-refractivity contribution is 5.79. The summed E-state index contributed by atoms with van der Waals surface area (Å²) in [4.78, 5) is 12.6. The van der Waals surface area contributed by atoms with Crippen molar-refractivity contribution in [3.63, 3.8) is 0 Å². The minimum atomic E-state index is 0.330. The van der Waals surface area contributed by atoms with E-state index in [0.29, 0.717) is 17.7 Å². The zero-order chi connectivity index (χ0) is 21.0. The maximum Gasteiger partial charge on any atom is 0.223 e. The van der Waals surface area contributed by atoms with Crippen LogP contribution in [-0.2, 0) is 4.79 Å². The van der Waals surface area contributed by atoms with Gasteiger partial charge in [0.1, 0.15) is 0 Å². The van der Waals surface area contributed by atoms with E-state index in [1.54, 1.807) is 0 Å². The summed E-state index contributed by atoms with van der Waals surface area (Å²) < 4.78 is 1.10. The van der Waals surface area contributed by atoms with Crippen molar-refractivity contribution in [2.45, 2.75) is 110 Å². The molecule has 0 aromatic heterocycles. The molecule has 2 aliphatic carbocycles. The Morgan fingerprint density at radius 3 is 2.10 bits per heavy atom. The molecule has 3 nitrogen and oxygen atoms in total. The molecule has 0 spiro atoms. The van der Waals surface area contributed by atoms with E-state index in [4.69, 9.17) is 0 Å². The highest BCUT2D eigenvalue weighted by atomic mass is 16.1. The molecule has 0 aromatic rings. The van der Waals surface area contributed by atoms with Gasteiger partial charge in [-0.15, -0.1) is 0 Å². The average Bonchev–Trinajstić information content (AvgIpc) is 3.30. The van der Waals surface area contributed by atoms with Gasteiger partial charge in [-0.05, 0) is 43.9 Å². The fraction of sp³-hybridized carbons (Fsp3) is 0.962. The van der Waals surface area contributed by atoms with E-state index in [2.05, 4.69) is 26.3 Å². The third kappa shape index (κ3) is 9.40. The first-order chi connectivity index (χ1) is 14.0. The van der Waals surface area contributed by atoms with Crippen LogP contribution in [-0.4, -0.2) is 44.1 Å². The summed E-state index contributed by atoms with van der Waals surface area (Å²) in [5.41, 5.74) is 0. The maximum atomic E-state index is 12.6. The van der Waals surface area contributed by atoms with E-state index < -0.39 is 0 Å². The Kier molecular flexibility index (Phi) is 11.6. The van der Waals surface area contributed by atoms with Crippen molar-refractivity contribution in [1.82, 2.24) is 5.32 Å². The van der Waals surface area contributed by atoms with E-state index in [1.165, 1.54) is 103 Å². The first kappa shape index (κ1) is 24.7. The third-order valence-electron chi connectivity index (χ3n) is 7.78. The zero-order valence-electron chi connectivity index (χ0n) is 20.0. The fourth-order valence-corrected chi connectivity index (χ4v) is 5.88. The molecule has 3 unspecified atom stereocenters. The Morgan fingerprint density at radius 1 is 0.793 bits per heavy atom. The predicted octanol–water partition coefficient (Wildman–Crippen LogP) is 6.32. The molecule has 0 heterocycles. The molecule has 0 aromatic carbocycles. The molecule has 1 N–H and O–H groups in total. The largest absolute Gasteiger partial charge is 0.356 e. The number of hydrogen-bond acceptors (Lipinski definition) is 1. The molecule has 0 saturated heterocycles. The minimum Gasteiger partial charge on any atom is -0.356 e. The van der Waals surface area contributed by atoms with Gasteiger partial charge in [-0.2, -0.15) is 0 Å². The number of fused-ring (bicyclic) bond motifs is 1. The third-order valence-corrected chi connectivity index (χ3v) is 7.78. The van der Waals surface area contributed by atoms with Crippen LogP contribution in [0.4, 0.5) is 0 Å². The van der Waals surface area contributed by atoms with E-state index >= 15 is 0 Å². The number of quaternary nitrogens is 1. The number of carbonyl (C=O) groups is 1. The van der Waals surface area contributed by atoms with Crippen LogP contribution >= 0.6 is 0 Å². The number of nitrogens with zero attached hydrogens (tertiary/aromatic N) is 1. The van der Waals surface area contributed by atoms with Gasteiger partial charge in [-0.25, -0.2) is 0 Å². The number of hydrogen-bond donors (Lipinski definition) is 1. The monoisotopic (exact) mass is 407 g/mol. The second-order valence-electron chi connectivity index (χ2n) is 10.7. The quantitative estimate of drug-likeness (QED) is 0.235. The van der Waals surface area contributed by atoms with Crippen molar-refractivity contribution in [3.05, 3.63) is 0 Å². The fourth-order valence-electron chi connectivity index (χ4n) is 5.88. The lowest BCUT2D eigenvalue weighted by Crippen LogP contribution is -2.43. The van der Waals surface area contributed by atoms with Gasteiger partial charge in [-0.1, -0.05) is 71.1 Å². The topological polar surface area (TPSA) is 29.1 Å². The van der Waals surface area contributed by atoms with Crippen LogP contribution in [0.1, 0.15) is 110 Å². The standard InChI is InChI=1S/C26H50N2O/c1-4-5-6-7-8-9-10-11-12-13-21-28(2,3)22-15-20-27-26(29)25-19-18-23-16-14-17-24(23)25/h23-25H,4-22H2,1-3H3/p+1. The summed E-state index contributed by atoms with van der Waals surface area (Å²) in [6.45, 7) is 5.61. The van der Waals surface area contributed by atoms with Crippen LogP contribution in [0.25, 0.3) is 0 Å². The van der Waals surface area contributed by atoms with Crippen LogP contribution in [0.3, 0.4) is 0 Å². The van der Waals surface area contributed by atoms with Crippen molar-refractivity contribution in [2.75, 3.05) is 33.7 Å². The Hall–Kier alpha value is -0.570. The van der Waals surface area contributed by atoms with E-state index in [0.717, 1.165) is 29.8 Å². The molecule has 2 aliphatic rings. The lowest BCUT2D eigenvalue weighted by Gasteiger charge is -2.30. The van der Waals surface area contributed by atoms with Crippen LogP contribution in [0, 0.1) is 17.8 Å². The van der Waals surface area contributed by atoms with Crippen molar-refractivity contribution in [1.29, 1.82) is 0 Å². The zero-order valence-corrected chi connectivity index (χ0v) is 20.0. The molecule has 3 heteroatoms. The molecule has 170 valence electrons. The summed E-state index contributed by atoms with van der Waals surface area (Å²) in [5.74, 6) is 2.26. The maximum absolute atomic E-state index is 12.6. The van der Waals surface area contributed by atoms with E-state index in [9.17, 15) is 4.79 Å². The highest BCUT2D eigenvalue weighted by Crippen LogP contribution is 2.47. The average molecular weight is 408 g/mol. The number of unbranched alkanes of at least 4 members (excludes halogenated alkanes) is 9. The van der Waals surface area contributed by atoms with E-state index in [-0.39, 0.29) is 0 Å². The number of carbonyl (C=O) groups excluding carboxylic acids is 1. The second-order valence-corrected chi connectivity index (χ2v) is 10.7. The van der Waals surface area contributed by atoms with Crippen LogP contribution in [0.2, 0.25) is 0 Å². The van der Waals surface area contributed by atoms with Gasteiger partial charge in [0.2, 0.25) is 5.91 Å². The first-order valence-electron chi connectivity index (χ1n) is 13.1. The molecule has 0 radical (unpaired) electrons. The molecule has 0 bridgehead atoms. The predicted molar refractivity (Wildman–Crippen MR) is 125 cm³/mol. The molecule has 29 heavy (non-hydrogen) atoms. The number of amides is 1. The minimum absolute atomic E-state index is 0.330. The summed E-state index contributed by atoms with van der Waals surface area (Å²) >= 11 is 0. The lowest BCUT2D eigenvalue weighted by molar-refractivity contribution is -0.890. The highest BCUT2D eigenvalue weighted by Gasteiger charge is 2.42. The first-order valence-corrected chi connectivity index (χ1v) is 13.1. The van der Waals surface area contributed by atoms with Crippen LogP contribution in [0.5, 0.6) is 0 Å². The summed E-state index contributed by atoms with van der Waals surface area (Å²) in [7, 11) is 4.71. The van der Waals surface area contributed by atoms with Crippen LogP contribution < -0.4 is 5.32 Å². The Labute approximate surface area is 182 Å². The normalized spacial score (nSPS) is 24.0. The Bertz CT molecular complexity index is 448. The lowest BCUT2D eigenvalue weighted by atomic mass is 9.91. The number of nitrogens with one attached hydrogen (secondary N) is 1. The van der Waals surface area contributed by atoms with Crippen molar-refractivity contribution in [3.8, 4) is 0 Å². The SMILES string of the molecule is CCCCCCCCCCCC[N+](C)(C)CCCNC(=O)C1CCC2CCCC21. The van der Waals surface area contributed by atoms with Gasteiger partial charge in [-0.3, -0.25) is 4.79 Å². The van der Waals surface area contributed by atoms with E-state index in [1.807, 2.05) is 0 Å². The smallest absolute Gasteiger partial charge is 0.223 e. The van der Waals surface area contributed by atoms with Crippen molar-refractivity contribution < 1.29 is 9.28 Å². The van der Waals surface area contributed by atoms with Crippen molar-refractivity contribution in [2.24, 2.45) is 17.8 Å². The van der Waals surface area contributed by atoms with Gasteiger partial charge in [0, 0.05) is 18.9 Å². The molecule has 2 saturated carbocycles. The molecule has 3 atom stereocenters. The second kappa shape index (κ2) is 13.7. The Morgan fingerprint density at radius 2 is 1.41 bits per heavy atom. The molecule has 2 rings (SSSR count). The van der Waals surface area contributed by atoms with Gasteiger partial charge in [0.15, 0.2) is 0 Å². The molecule has 2 fully saturated rings. The summed E-state index contributed by atoms with van der Waals surface area (Å²) in [5, 5.41) is 3.27. The van der Waals surface area contributed by atoms with Gasteiger partial charge < -0.3 is 9.80 Å². The van der Waals surface area contributed by atoms with Crippen LogP contribution in [0.15, 0.2) is 0 Å². The van der Waals surface area contributed by atoms with Crippen molar-refractivity contribution >= 4 is 5.91 Å².